The van der Waals surface area contributed by atoms with Crippen LogP contribution >= 0.6 is 11.8 Å². The largest absolute Gasteiger partial charge is 0.490 e. The Labute approximate surface area is 153 Å². The molecule has 2 amide bonds. The zero-order valence-electron chi connectivity index (χ0n) is 15.1. The van der Waals surface area contributed by atoms with Crippen LogP contribution in [0.3, 0.4) is 0 Å². The topological polar surface area (TPSA) is 55.4 Å². The van der Waals surface area contributed by atoms with E-state index in [-0.39, 0.29) is 17.3 Å². The summed E-state index contributed by atoms with van der Waals surface area (Å²) < 4.78 is 6.32. The third-order valence-corrected chi connectivity index (χ3v) is 5.85. The van der Waals surface area contributed by atoms with Gasteiger partial charge in [-0.2, -0.15) is 0 Å². The van der Waals surface area contributed by atoms with E-state index in [9.17, 15) is 9.59 Å². The summed E-state index contributed by atoms with van der Waals surface area (Å²) in [6.45, 7) is 6.24. The summed E-state index contributed by atoms with van der Waals surface area (Å²) in [5.41, 5.74) is 3.04. The van der Waals surface area contributed by atoms with E-state index < -0.39 is 0 Å². The van der Waals surface area contributed by atoms with Gasteiger partial charge >= 0.3 is 0 Å². The van der Waals surface area contributed by atoms with Crippen molar-refractivity contribution >= 4 is 29.0 Å². The first-order chi connectivity index (χ1) is 11.9. The maximum atomic E-state index is 11.7. The standard InChI is InChI=1S/C20H25NO3S/c1-12-9-15(11-17-19(22)21-20(23)25-17)10-13(2)18(12)24-14(3)16-7-5-4-6-8-16/h9-11,14,16H,4-8H2,1-3H3,(H,21,22,23)/b17-11-. The first-order valence-electron chi connectivity index (χ1n) is 8.97. The minimum absolute atomic E-state index is 0.218. The van der Waals surface area contributed by atoms with Gasteiger partial charge in [0.15, 0.2) is 0 Å². The highest BCUT2D eigenvalue weighted by Crippen LogP contribution is 2.33. The second-order valence-electron chi connectivity index (χ2n) is 7.06. The fourth-order valence-electron chi connectivity index (χ4n) is 3.71. The fraction of sp³-hybridized carbons (Fsp3) is 0.500. The van der Waals surface area contributed by atoms with E-state index in [1.807, 2.05) is 26.0 Å². The number of hydrogen-bond donors (Lipinski definition) is 1. The maximum Gasteiger partial charge on any atom is 0.290 e. The van der Waals surface area contributed by atoms with Crippen molar-refractivity contribution in [3.63, 3.8) is 0 Å². The van der Waals surface area contributed by atoms with Crippen molar-refractivity contribution in [1.82, 2.24) is 5.32 Å². The van der Waals surface area contributed by atoms with E-state index in [4.69, 9.17) is 4.74 Å². The second kappa shape index (κ2) is 7.65. The molecule has 0 aromatic heterocycles. The lowest BCUT2D eigenvalue weighted by atomic mass is 9.86. The number of aryl methyl sites for hydroxylation is 2. The normalized spacial score (nSPS) is 21.5. The smallest absolute Gasteiger partial charge is 0.290 e. The highest BCUT2D eigenvalue weighted by molar-refractivity contribution is 8.18. The van der Waals surface area contributed by atoms with Crippen LogP contribution in [0.2, 0.25) is 0 Å². The lowest BCUT2D eigenvalue weighted by molar-refractivity contribution is -0.115. The second-order valence-corrected chi connectivity index (χ2v) is 8.07. The molecule has 3 rings (SSSR count). The average Bonchev–Trinajstić information content (AvgIpc) is 2.89. The lowest BCUT2D eigenvalue weighted by Gasteiger charge is -2.29. The zero-order chi connectivity index (χ0) is 18.0. The summed E-state index contributed by atoms with van der Waals surface area (Å²) >= 11 is 0.944. The average molecular weight is 359 g/mol. The van der Waals surface area contributed by atoms with Gasteiger partial charge in [-0.3, -0.25) is 14.9 Å². The molecule has 0 spiro atoms. The van der Waals surface area contributed by atoms with E-state index in [2.05, 4.69) is 12.2 Å². The first kappa shape index (κ1) is 18.1. The summed E-state index contributed by atoms with van der Waals surface area (Å²) in [6, 6.07) is 4.03. The zero-order valence-corrected chi connectivity index (χ0v) is 15.9. The molecule has 2 fully saturated rings. The predicted molar refractivity (Wildman–Crippen MR) is 102 cm³/mol. The van der Waals surface area contributed by atoms with Crippen LogP contribution < -0.4 is 10.1 Å². The van der Waals surface area contributed by atoms with Gasteiger partial charge in [0.2, 0.25) is 0 Å². The minimum Gasteiger partial charge on any atom is -0.490 e. The molecule has 5 heteroatoms. The third-order valence-electron chi connectivity index (χ3n) is 5.04. The molecular formula is C20H25NO3S. The van der Waals surface area contributed by atoms with E-state index in [0.29, 0.717) is 10.8 Å². The summed E-state index contributed by atoms with van der Waals surface area (Å²) in [4.78, 5) is 23.4. The number of thioether (sulfide) groups is 1. The van der Waals surface area contributed by atoms with Gasteiger partial charge in [-0.1, -0.05) is 19.3 Å². The Morgan fingerprint density at radius 3 is 2.36 bits per heavy atom. The van der Waals surface area contributed by atoms with Crippen LogP contribution in [0.5, 0.6) is 5.75 Å². The number of ether oxygens (including phenoxy) is 1. The van der Waals surface area contributed by atoms with Crippen LogP contribution in [0, 0.1) is 19.8 Å². The van der Waals surface area contributed by atoms with Crippen molar-refractivity contribution in [2.45, 2.75) is 59.0 Å². The Hall–Kier alpha value is -1.75. The predicted octanol–water partition coefficient (Wildman–Crippen LogP) is 4.97. The first-order valence-corrected chi connectivity index (χ1v) is 9.78. The minimum atomic E-state index is -0.323. The molecule has 1 saturated heterocycles. The van der Waals surface area contributed by atoms with Gasteiger partial charge < -0.3 is 4.74 Å². The Kier molecular flexibility index (Phi) is 5.52. The van der Waals surface area contributed by atoms with Crippen LogP contribution in [-0.2, 0) is 4.79 Å². The SMILES string of the molecule is Cc1cc(/C=C2\SC(=O)NC2=O)cc(C)c1OC(C)C1CCCCC1. The molecule has 1 saturated carbocycles. The molecule has 1 atom stereocenters. The molecule has 0 bridgehead atoms. The van der Waals surface area contributed by atoms with Gasteiger partial charge in [0.05, 0.1) is 11.0 Å². The fourth-order valence-corrected chi connectivity index (χ4v) is 4.39. The van der Waals surface area contributed by atoms with Gasteiger partial charge in [-0.25, -0.2) is 0 Å². The van der Waals surface area contributed by atoms with Gasteiger partial charge in [-0.05, 0) is 86.2 Å². The van der Waals surface area contributed by atoms with E-state index in [1.165, 1.54) is 32.1 Å². The van der Waals surface area contributed by atoms with Crippen molar-refractivity contribution < 1.29 is 14.3 Å². The van der Waals surface area contributed by atoms with Crippen molar-refractivity contribution in [2.24, 2.45) is 5.92 Å². The number of nitrogens with one attached hydrogen (secondary N) is 1. The molecule has 1 aromatic carbocycles. The molecule has 4 nitrogen and oxygen atoms in total. The quantitative estimate of drug-likeness (QED) is 0.771. The number of rotatable bonds is 4. The Morgan fingerprint density at radius 2 is 1.80 bits per heavy atom. The van der Waals surface area contributed by atoms with Crippen molar-refractivity contribution in [3.8, 4) is 5.75 Å². The summed E-state index contributed by atoms with van der Waals surface area (Å²) in [6.07, 6.45) is 8.45. The molecule has 1 N–H and O–H groups in total. The number of amides is 2. The third kappa shape index (κ3) is 4.27. The van der Waals surface area contributed by atoms with Crippen molar-refractivity contribution in [2.75, 3.05) is 0 Å². The van der Waals surface area contributed by atoms with Gasteiger partial charge in [-0.15, -0.1) is 0 Å². The van der Waals surface area contributed by atoms with Gasteiger partial charge in [0.25, 0.3) is 11.1 Å². The van der Waals surface area contributed by atoms with Crippen molar-refractivity contribution in [1.29, 1.82) is 0 Å². The summed E-state index contributed by atoms with van der Waals surface area (Å²) in [5.74, 6) is 1.26. The number of imide groups is 1. The molecule has 1 heterocycles. The Morgan fingerprint density at radius 1 is 1.16 bits per heavy atom. The van der Waals surface area contributed by atoms with Crippen molar-refractivity contribution in [3.05, 3.63) is 33.7 Å². The lowest BCUT2D eigenvalue weighted by Crippen LogP contribution is -2.26. The van der Waals surface area contributed by atoms with Crippen LogP contribution in [0.1, 0.15) is 55.7 Å². The highest BCUT2D eigenvalue weighted by Gasteiger charge is 2.25. The Balaban J connectivity index is 1.77. The maximum absolute atomic E-state index is 11.7. The van der Waals surface area contributed by atoms with E-state index in [0.717, 1.165) is 34.2 Å². The molecule has 1 aromatic rings. The Bertz CT molecular complexity index is 697. The molecule has 1 aliphatic carbocycles. The molecular weight excluding hydrogens is 334 g/mol. The van der Waals surface area contributed by atoms with E-state index in [1.54, 1.807) is 6.08 Å². The number of carbonyl (C=O) groups excluding carboxylic acids is 2. The number of benzene rings is 1. The van der Waals surface area contributed by atoms with Crippen LogP contribution in [-0.4, -0.2) is 17.3 Å². The molecule has 2 aliphatic rings. The van der Waals surface area contributed by atoms with Crippen LogP contribution in [0.4, 0.5) is 4.79 Å². The van der Waals surface area contributed by atoms with Crippen LogP contribution in [0.15, 0.2) is 17.0 Å². The van der Waals surface area contributed by atoms with E-state index >= 15 is 0 Å². The molecule has 1 aliphatic heterocycles. The van der Waals surface area contributed by atoms with Gasteiger partial charge in [0, 0.05) is 0 Å². The monoisotopic (exact) mass is 359 g/mol. The molecule has 25 heavy (non-hydrogen) atoms. The molecule has 0 radical (unpaired) electrons. The number of carbonyl (C=O) groups is 2. The number of hydrogen-bond acceptors (Lipinski definition) is 4. The van der Waals surface area contributed by atoms with Gasteiger partial charge in [0.1, 0.15) is 5.75 Å². The summed E-state index contributed by atoms with van der Waals surface area (Å²) in [7, 11) is 0. The summed E-state index contributed by atoms with van der Waals surface area (Å²) in [5, 5.41) is 1.97. The molecule has 134 valence electrons. The molecule has 1 unspecified atom stereocenters. The highest BCUT2D eigenvalue weighted by atomic mass is 32.2. The van der Waals surface area contributed by atoms with Crippen LogP contribution in [0.25, 0.3) is 6.08 Å².